The first kappa shape index (κ1) is 13.5. The van der Waals surface area contributed by atoms with Crippen LogP contribution in [0.1, 0.15) is 24.2 Å². The lowest BCUT2D eigenvalue weighted by atomic mass is 10.0. The van der Waals surface area contributed by atoms with Crippen molar-refractivity contribution in [3.63, 3.8) is 0 Å². The molecule has 2 unspecified atom stereocenters. The van der Waals surface area contributed by atoms with Gasteiger partial charge in [0, 0.05) is 25.9 Å². The monoisotopic (exact) mass is 262 g/mol. The molecule has 19 heavy (non-hydrogen) atoms. The average molecular weight is 262 g/mol. The number of aliphatic hydroxyl groups is 1. The van der Waals surface area contributed by atoms with Gasteiger partial charge >= 0.3 is 0 Å². The molecule has 1 amide bonds. The highest BCUT2D eigenvalue weighted by molar-refractivity contribution is 5.96. The van der Waals surface area contributed by atoms with Gasteiger partial charge in [-0.1, -0.05) is 6.92 Å². The van der Waals surface area contributed by atoms with Crippen LogP contribution in [0.25, 0.3) is 11.2 Å². The summed E-state index contributed by atoms with van der Waals surface area (Å²) in [6, 6.07) is 1.62. The first-order chi connectivity index (χ1) is 9.02. The average Bonchev–Trinajstić information content (AvgIpc) is 2.78. The van der Waals surface area contributed by atoms with Crippen molar-refractivity contribution in [1.82, 2.24) is 19.9 Å². The molecule has 2 rings (SSSR count). The molecule has 2 aromatic rings. The van der Waals surface area contributed by atoms with Crippen LogP contribution in [0.3, 0.4) is 0 Å². The summed E-state index contributed by atoms with van der Waals surface area (Å²) in [4.78, 5) is 20.5. The van der Waals surface area contributed by atoms with Crippen molar-refractivity contribution in [2.45, 2.75) is 19.9 Å². The molecule has 0 saturated heterocycles. The Morgan fingerprint density at radius 2 is 2.21 bits per heavy atom. The minimum absolute atomic E-state index is 0.00971. The van der Waals surface area contributed by atoms with Crippen molar-refractivity contribution >= 4 is 17.1 Å². The van der Waals surface area contributed by atoms with Crippen LogP contribution in [0.2, 0.25) is 0 Å². The number of amides is 1. The van der Waals surface area contributed by atoms with Gasteiger partial charge in [0.15, 0.2) is 5.65 Å². The zero-order valence-electron chi connectivity index (χ0n) is 11.3. The summed E-state index contributed by atoms with van der Waals surface area (Å²) in [6.45, 7) is 3.79. The number of nitrogens with zero attached hydrogens (tertiary/aromatic N) is 3. The van der Waals surface area contributed by atoms with Gasteiger partial charge < -0.3 is 15.0 Å². The molecule has 0 aromatic carbocycles. The van der Waals surface area contributed by atoms with Crippen LogP contribution in [0.4, 0.5) is 0 Å². The number of rotatable bonds is 4. The number of hydrogen-bond donors (Lipinski definition) is 2. The molecule has 6 heteroatoms. The Labute approximate surface area is 111 Å². The van der Waals surface area contributed by atoms with Crippen LogP contribution in [-0.4, -0.2) is 38.2 Å². The lowest BCUT2D eigenvalue weighted by Crippen LogP contribution is -2.38. The van der Waals surface area contributed by atoms with Gasteiger partial charge in [0.2, 0.25) is 0 Å². The standard InChI is InChI=1S/C13H18N4O2/c1-8(6-18)9(2)16-13(19)10-4-11-12(14-5-10)17(3)7-15-11/h4-5,7-9,18H,6H2,1-3H3,(H,16,19). The molecule has 0 spiro atoms. The SMILES string of the molecule is CC(CO)C(C)NC(=O)c1cnc2c(c1)ncn2C. The molecule has 0 bridgehead atoms. The van der Waals surface area contributed by atoms with E-state index in [9.17, 15) is 4.79 Å². The number of nitrogens with one attached hydrogen (secondary N) is 1. The molecule has 2 atom stereocenters. The second-order valence-electron chi connectivity index (χ2n) is 4.84. The highest BCUT2D eigenvalue weighted by Crippen LogP contribution is 2.11. The van der Waals surface area contributed by atoms with Crippen LogP contribution in [0.15, 0.2) is 18.6 Å². The minimum Gasteiger partial charge on any atom is -0.396 e. The Bertz CT molecular complexity index is 593. The van der Waals surface area contributed by atoms with E-state index in [0.29, 0.717) is 11.1 Å². The summed E-state index contributed by atoms with van der Waals surface area (Å²) in [5.41, 5.74) is 1.91. The van der Waals surface area contributed by atoms with Crippen LogP contribution >= 0.6 is 0 Å². The maximum Gasteiger partial charge on any atom is 0.253 e. The van der Waals surface area contributed by atoms with Gasteiger partial charge in [-0.25, -0.2) is 9.97 Å². The van der Waals surface area contributed by atoms with E-state index in [-0.39, 0.29) is 24.5 Å². The van der Waals surface area contributed by atoms with Gasteiger partial charge in [0.25, 0.3) is 5.91 Å². The predicted molar refractivity (Wildman–Crippen MR) is 71.7 cm³/mol. The predicted octanol–water partition coefficient (Wildman–Crippen LogP) is 0.715. The molecule has 2 N–H and O–H groups in total. The Morgan fingerprint density at radius 1 is 1.47 bits per heavy atom. The second kappa shape index (κ2) is 5.36. The van der Waals surface area contributed by atoms with E-state index in [4.69, 9.17) is 5.11 Å². The third-order valence-electron chi connectivity index (χ3n) is 3.31. The molecular formula is C13H18N4O2. The third kappa shape index (κ3) is 2.73. The normalized spacial score (nSPS) is 14.3. The number of carbonyl (C=O) groups is 1. The third-order valence-corrected chi connectivity index (χ3v) is 3.31. The summed E-state index contributed by atoms with van der Waals surface area (Å²) in [6.07, 6.45) is 3.20. The van der Waals surface area contributed by atoms with Gasteiger partial charge in [0.05, 0.1) is 11.9 Å². The van der Waals surface area contributed by atoms with Crippen LogP contribution in [0, 0.1) is 5.92 Å². The Kier molecular flexibility index (Phi) is 3.80. The molecule has 0 aliphatic carbocycles. The smallest absolute Gasteiger partial charge is 0.253 e. The fourth-order valence-electron chi connectivity index (χ4n) is 1.73. The summed E-state index contributed by atoms with van der Waals surface area (Å²) in [5, 5.41) is 11.9. The fourth-order valence-corrected chi connectivity index (χ4v) is 1.73. The van der Waals surface area contributed by atoms with E-state index in [1.807, 2.05) is 20.9 Å². The minimum atomic E-state index is -0.201. The lowest BCUT2D eigenvalue weighted by molar-refractivity contribution is 0.0916. The van der Waals surface area contributed by atoms with Crippen molar-refractivity contribution in [2.24, 2.45) is 13.0 Å². The highest BCUT2D eigenvalue weighted by Gasteiger charge is 2.16. The summed E-state index contributed by atoms with van der Waals surface area (Å²) < 4.78 is 1.80. The zero-order chi connectivity index (χ0) is 14.0. The van der Waals surface area contributed by atoms with Gasteiger partial charge in [-0.15, -0.1) is 0 Å². The largest absolute Gasteiger partial charge is 0.396 e. The van der Waals surface area contributed by atoms with E-state index in [2.05, 4.69) is 15.3 Å². The first-order valence-electron chi connectivity index (χ1n) is 6.21. The molecule has 0 aliphatic heterocycles. The van der Waals surface area contributed by atoms with E-state index < -0.39 is 0 Å². The van der Waals surface area contributed by atoms with Gasteiger partial charge in [-0.05, 0) is 18.9 Å². The first-order valence-corrected chi connectivity index (χ1v) is 6.21. The molecule has 2 aromatic heterocycles. The lowest BCUT2D eigenvalue weighted by Gasteiger charge is -2.19. The number of carbonyl (C=O) groups excluding carboxylic acids is 1. The number of aromatic nitrogens is 3. The Morgan fingerprint density at radius 3 is 2.89 bits per heavy atom. The number of aliphatic hydroxyl groups excluding tert-OH is 1. The number of imidazole rings is 1. The molecular weight excluding hydrogens is 244 g/mol. The molecule has 0 aliphatic rings. The van der Waals surface area contributed by atoms with E-state index >= 15 is 0 Å². The number of pyridine rings is 1. The van der Waals surface area contributed by atoms with Gasteiger partial charge in [0.1, 0.15) is 5.52 Å². The number of aryl methyl sites for hydroxylation is 1. The van der Waals surface area contributed by atoms with Crippen molar-refractivity contribution in [3.8, 4) is 0 Å². The molecule has 2 heterocycles. The van der Waals surface area contributed by atoms with Crippen molar-refractivity contribution in [1.29, 1.82) is 0 Å². The molecule has 0 saturated carbocycles. The molecule has 0 fully saturated rings. The van der Waals surface area contributed by atoms with Gasteiger partial charge in [-0.3, -0.25) is 4.79 Å². The van der Waals surface area contributed by atoms with E-state index in [1.165, 1.54) is 6.20 Å². The fraction of sp³-hybridized carbons (Fsp3) is 0.462. The van der Waals surface area contributed by atoms with Crippen molar-refractivity contribution < 1.29 is 9.90 Å². The number of hydrogen-bond acceptors (Lipinski definition) is 4. The Hall–Kier alpha value is -1.95. The molecule has 6 nitrogen and oxygen atoms in total. The number of fused-ring (bicyclic) bond motifs is 1. The van der Waals surface area contributed by atoms with Crippen molar-refractivity contribution in [3.05, 3.63) is 24.2 Å². The summed E-state index contributed by atoms with van der Waals surface area (Å²) >= 11 is 0. The maximum absolute atomic E-state index is 12.1. The maximum atomic E-state index is 12.1. The molecule has 102 valence electrons. The zero-order valence-corrected chi connectivity index (χ0v) is 11.3. The Balaban J connectivity index is 2.17. The second-order valence-corrected chi connectivity index (χ2v) is 4.84. The van der Waals surface area contributed by atoms with Crippen molar-refractivity contribution in [2.75, 3.05) is 6.61 Å². The van der Waals surface area contributed by atoms with Crippen LogP contribution in [-0.2, 0) is 7.05 Å². The van der Waals surface area contributed by atoms with E-state index in [1.54, 1.807) is 17.0 Å². The quantitative estimate of drug-likeness (QED) is 0.850. The molecule has 0 radical (unpaired) electrons. The highest BCUT2D eigenvalue weighted by atomic mass is 16.3. The summed E-state index contributed by atoms with van der Waals surface area (Å²) in [5.74, 6) is -0.191. The topological polar surface area (TPSA) is 80.0 Å². The van der Waals surface area contributed by atoms with Gasteiger partial charge in [-0.2, -0.15) is 0 Å². The van der Waals surface area contributed by atoms with Crippen LogP contribution in [0.5, 0.6) is 0 Å². The van der Waals surface area contributed by atoms with Crippen LogP contribution < -0.4 is 5.32 Å². The summed E-state index contributed by atoms with van der Waals surface area (Å²) in [7, 11) is 1.85. The van der Waals surface area contributed by atoms with E-state index in [0.717, 1.165) is 5.65 Å².